The molecule has 0 aliphatic rings. The summed E-state index contributed by atoms with van der Waals surface area (Å²) in [6.45, 7) is 0. The van der Waals surface area contributed by atoms with Crippen LogP contribution in [0.4, 0.5) is 27.8 Å². The van der Waals surface area contributed by atoms with E-state index in [-0.39, 0.29) is 16.8 Å². The first-order valence-electron chi connectivity index (χ1n) is 6.50. The number of carbonyl (C=O) groups is 1. The van der Waals surface area contributed by atoms with Crippen molar-refractivity contribution in [2.45, 2.75) is 6.18 Å². The first-order valence-corrected chi connectivity index (χ1v) is 6.50. The van der Waals surface area contributed by atoms with Crippen molar-refractivity contribution in [3.63, 3.8) is 0 Å². The lowest BCUT2D eigenvalue weighted by molar-refractivity contribution is -0.140. The molecule has 9 heteroatoms. The number of rotatable bonds is 2. The van der Waals surface area contributed by atoms with Crippen LogP contribution in [0.1, 0.15) is 15.9 Å². The van der Waals surface area contributed by atoms with Crippen molar-refractivity contribution in [3.05, 3.63) is 59.2 Å². The minimum absolute atomic E-state index is 0.0933. The summed E-state index contributed by atoms with van der Waals surface area (Å²) in [5.74, 6) is -3.84. The average molecular weight is 342 g/mol. The second-order valence-corrected chi connectivity index (χ2v) is 4.77. The molecule has 0 saturated carbocycles. The molecule has 3 aromatic rings. The number of nitrogens with zero attached hydrogens (tertiary/aromatic N) is 1. The zero-order valence-electron chi connectivity index (χ0n) is 11.6. The molecule has 0 saturated heterocycles. The van der Waals surface area contributed by atoms with E-state index in [0.29, 0.717) is 6.07 Å². The fourth-order valence-electron chi connectivity index (χ4n) is 2.12. The monoisotopic (exact) mass is 342 g/mol. The van der Waals surface area contributed by atoms with Crippen LogP contribution in [0.3, 0.4) is 0 Å². The second kappa shape index (κ2) is 5.59. The highest BCUT2D eigenvalue weighted by molar-refractivity contribution is 6.07. The van der Waals surface area contributed by atoms with E-state index in [0.717, 1.165) is 18.2 Å². The largest absolute Gasteiger partial charge is 0.419 e. The standard InChI is InChI=1S/C15H7F5N2O2/c16-10-6-2-4-8-12(10)24-22-13(8)21-14(23)7-3-1-5-9(11(7)17)15(18,19)20/h1-6H,(H,21,22,23). The molecular formula is C15H7F5N2O2. The molecule has 2 aromatic carbocycles. The molecular weight excluding hydrogens is 335 g/mol. The maximum Gasteiger partial charge on any atom is 0.419 e. The summed E-state index contributed by atoms with van der Waals surface area (Å²) in [4.78, 5) is 12.0. The SMILES string of the molecule is O=C(Nc1noc2c(F)cccc12)c1cccc(C(F)(F)F)c1F. The van der Waals surface area contributed by atoms with E-state index in [4.69, 9.17) is 4.52 Å². The molecule has 0 fully saturated rings. The normalized spacial score (nSPS) is 11.7. The number of halogens is 5. The Morgan fingerprint density at radius 3 is 2.50 bits per heavy atom. The van der Waals surface area contributed by atoms with Crippen molar-refractivity contribution < 1.29 is 31.3 Å². The van der Waals surface area contributed by atoms with Gasteiger partial charge in [-0.15, -0.1) is 0 Å². The van der Waals surface area contributed by atoms with Crippen molar-refractivity contribution in [2.75, 3.05) is 5.32 Å². The lowest BCUT2D eigenvalue weighted by Gasteiger charge is -2.10. The van der Waals surface area contributed by atoms with Crippen molar-refractivity contribution in [1.29, 1.82) is 0 Å². The second-order valence-electron chi connectivity index (χ2n) is 4.77. The van der Waals surface area contributed by atoms with Gasteiger partial charge >= 0.3 is 6.18 Å². The van der Waals surface area contributed by atoms with Gasteiger partial charge in [-0.05, 0) is 24.3 Å². The van der Waals surface area contributed by atoms with Gasteiger partial charge in [0.1, 0.15) is 5.82 Å². The van der Waals surface area contributed by atoms with Gasteiger partial charge in [-0.3, -0.25) is 4.79 Å². The predicted octanol–water partition coefficient (Wildman–Crippen LogP) is 4.38. The summed E-state index contributed by atoms with van der Waals surface area (Å²) in [5, 5.41) is 5.63. The molecule has 124 valence electrons. The minimum Gasteiger partial charge on any atom is -0.351 e. The fraction of sp³-hybridized carbons (Fsp3) is 0.0667. The number of hydrogen-bond acceptors (Lipinski definition) is 3. The third-order valence-corrected chi connectivity index (χ3v) is 3.23. The van der Waals surface area contributed by atoms with E-state index in [2.05, 4.69) is 10.5 Å². The molecule has 0 radical (unpaired) electrons. The Bertz CT molecular complexity index is 933. The van der Waals surface area contributed by atoms with Crippen molar-refractivity contribution >= 4 is 22.7 Å². The van der Waals surface area contributed by atoms with Gasteiger partial charge in [0.05, 0.1) is 16.5 Å². The molecule has 1 aromatic heterocycles. The van der Waals surface area contributed by atoms with E-state index in [1.165, 1.54) is 12.1 Å². The Morgan fingerprint density at radius 2 is 1.79 bits per heavy atom. The number of fused-ring (bicyclic) bond motifs is 1. The molecule has 0 unspecified atom stereocenters. The van der Waals surface area contributed by atoms with Crippen LogP contribution in [0.2, 0.25) is 0 Å². The first kappa shape index (κ1) is 15.9. The van der Waals surface area contributed by atoms with Crippen molar-refractivity contribution in [1.82, 2.24) is 5.16 Å². The smallest absolute Gasteiger partial charge is 0.351 e. The van der Waals surface area contributed by atoms with Gasteiger partial charge in [-0.1, -0.05) is 17.3 Å². The number of benzene rings is 2. The zero-order chi connectivity index (χ0) is 17.5. The maximum atomic E-state index is 13.9. The molecule has 1 amide bonds. The molecule has 24 heavy (non-hydrogen) atoms. The summed E-state index contributed by atoms with van der Waals surface area (Å²) in [6.07, 6.45) is -4.94. The minimum atomic E-state index is -4.94. The topological polar surface area (TPSA) is 55.1 Å². The van der Waals surface area contributed by atoms with Crippen LogP contribution in [0, 0.1) is 11.6 Å². The molecule has 0 aliphatic heterocycles. The Morgan fingerprint density at radius 1 is 1.08 bits per heavy atom. The van der Waals surface area contributed by atoms with Crippen LogP contribution >= 0.6 is 0 Å². The number of aromatic nitrogens is 1. The van der Waals surface area contributed by atoms with Crippen LogP contribution in [-0.2, 0) is 6.18 Å². The van der Waals surface area contributed by atoms with E-state index in [1.807, 2.05) is 0 Å². The molecule has 0 atom stereocenters. The average Bonchev–Trinajstić information content (AvgIpc) is 2.91. The maximum absolute atomic E-state index is 13.9. The van der Waals surface area contributed by atoms with Gasteiger partial charge in [-0.2, -0.15) is 13.2 Å². The Labute approximate surface area is 130 Å². The van der Waals surface area contributed by atoms with Crippen LogP contribution in [0.25, 0.3) is 11.0 Å². The highest BCUT2D eigenvalue weighted by atomic mass is 19.4. The number of para-hydroxylation sites is 1. The molecule has 0 bridgehead atoms. The van der Waals surface area contributed by atoms with Crippen LogP contribution in [-0.4, -0.2) is 11.1 Å². The van der Waals surface area contributed by atoms with E-state index >= 15 is 0 Å². The molecule has 0 aliphatic carbocycles. The first-order chi connectivity index (χ1) is 11.3. The highest BCUT2D eigenvalue weighted by Gasteiger charge is 2.35. The summed E-state index contributed by atoms with van der Waals surface area (Å²) >= 11 is 0. The van der Waals surface area contributed by atoms with Gasteiger partial charge in [0, 0.05) is 0 Å². The zero-order valence-corrected chi connectivity index (χ0v) is 11.6. The molecule has 1 heterocycles. The Kier molecular flexibility index (Phi) is 3.70. The molecule has 1 N–H and O–H groups in total. The quantitative estimate of drug-likeness (QED) is 0.703. The van der Waals surface area contributed by atoms with Crippen molar-refractivity contribution in [2.24, 2.45) is 0 Å². The van der Waals surface area contributed by atoms with Gasteiger partial charge in [0.25, 0.3) is 5.91 Å². The predicted molar refractivity (Wildman–Crippen MR) is 73.3 cm³/mol. The number of anilines is 1. The molecule has 3 rings (SSSR count). The number of carbonyl (C=O) groups excluding carboxylic acids is 1. The van der Waals surface area contributed by atoms with Crippen LogP contribution < -0.4 is 5.32 Å². The number of hydrogen-bond donors (Lipinski definition) is 1. The Balaban J connectivity index is 1.97. The summed E-state index contributed by atoms with van der Waals surface area (Å²) < 4.78 is 70.2. The van der Waals surface area contributed by atoms with Crippen LogP contribution in [0.15, 0.2) is 40.9 Å². The van der Waals surface area contributed by atoms with Gasteiger partial charge in [-0.25, -0.2) is 8.78 Å². The van der Waals surface area contributed by atoms with Crippen LogP contribution in [0.5, 0.6) is 0 Å². The van der Waals surface area contributed by atoms with E-state index in [1.54, 1.807) is 0 Å². The number of alkyl halides is 3. The van der Waals surface area contributed by atoms with E-state index in [9.17, 15) is 26.7 Å². The van der Waals surface area contributed by atoms with E-state index < -0.39 is 34.8 Å². The highest BCUT2D eigenvalue weighted by Crippen LogP contribution is 2.33. The Hall–Kier alpha value is -2.97. The summed E-state index contributed by atoms with van der Waals surface area (Å²) in [7, 11) is 0. The van der Waals surface area contributed by atoms with Crippen molar-refractivity contribution in [3.8, 4) is 0 Å². The number of amides is 1. The van der Waals surface area contributed by atoms with Gasteiger partial charge in [0.15, 0.2) is 11.6 Å². The molecule has 4 nitrogen and oxygen atoms in total. The van der Waals surface area contributed by atoms with Gasteiger partial charge in [0.2, 0.25) is 5.58 Å². The summed E-state index contributed by atoms with van der Waals surface area (Å²) in [6, 6.07) is 6.13. The third-order valence-electron chi connectivity index (χ3n) is 3.23. The molecule has 0 spiro atoms. The third kappa shape index (κ3) is 2.68. The number of nitrogens with one attached hydrogen (secondary N) is 1. The lowest BCUT2D eigenvalue weighted by atomic mass is 10.1. The fourth-order valence-corrected chi connectivity index (χ4v) is 2.12. The summed E-state index contributed by atoms with van der Waals surface area (Å²) in [5.41, 5.74) is -2.62. The lowest BCUT2D eigenvalue weighted by Crippen LogP contribution is -2.17. The van der Waals surface area contributed by atoms with Gasteiger partial charge < -0.3 is 9.84 Å².